The van der Waals surface area contributed by atoms with Crippen LogP contribution in [-0.4, -0.2) is 47.8 Å². The summed E-state index contributed by atoms with van der Waals surface area (Å²) in [5.74, 6) is -0.912. The first-order chi connectivity index (χ1) is 8.64. The summed E-state index contributed by atoms with van der Waals surface area (Å²) in [6, 6.07) is -0.573. The number of nitrogens with one attached hydrogen (secondary N) is 1. The summed E-state index contributed by atoms with van der Waals surface area (Å²) in [4.78, 5) is 23.9. The van der Waals surface area contributed by atoms with Gasteiger partial charge in [-0.2, -0.15) is 13.2 Å². The zero-order valence-electron chi connectivity index (χ0n) is 10.6. The summed E-state index contributed by atoms with van der Waals surface area (Å²) in [6.07, 6.45) is -4.76. The number of hydrogen-bond acceptors (Lipinski definition) is 2. The minimum absolute atomic E-state index is 0.237. The van der Waals surface area contributed by atoms with E-state index in [1.807, 2.05) is 0 Å². The van der Waals surface area contributed by atoms with Gasteiger partial charge >= 0.3 is 18.2 Å². The highest BCUT2D eigenvalue weighted by atomic mass is 19.4. The van der Waals surface area contributed by atoms with E-state index in [2.05, 4.69) is 5.32 Å². The fourth-order valence-electron chi connectivity index (χ4n) is 1.84. The Balaban J connectivity index is 2.35. The number of halogens is 3. The lowest BCUT2D eigenvalue weighted by atomic mass is 9.80. The van der Waals surface area contributed by atoms with E-state index < -0.39 is 36.6 Å². The molecule has 1 saturated heterocycles. The number of piperidine rings is 1. The fourth-order valence-corrected chi connectivity index (χ4v) is 1.84. The summed E-state index contributed by atoms with van der Waals surface area (Å²) in [6.45, 7) is 1.62. The van der Waals surface area contributed by atoms with Gasteiger partial charge < -0.3 is 15.3 Å². The van der Waals surface area contributed by atoms with Gasteiger partial charge in [0.1, 0.15) is 0 Å². The first kappa shape index (κ1) is 15.6. The standard InChI is InChI=1S/C11H17F3N2O3/c1-10(8(17)18)3-6-16(7-4-10)9(19)15-5-2-11(12,13)14/h2-7H2,1H3,(H,15,19)(H,17,18). The SMILES string of the molecule is CC1(C(=O)O)CCN(C(=O)NCCC(F)(F)F)CC1. The van der Waals surface area contributed by atoms with Crippen LogP contribution in [0.5, 0.6) is 0 Å². The lowest BCUT2D eigenvalue weighted by molar-refractivity contribution is -0.150. The topological polar surface area (TPSA) is 69.6 Å². The van der Waals surface area contributed by atoms with Crippen LogP contribution in [0.3, 0.4) is 0 Å². The Labute approximate surface area is 108 Å². The zero-order chi connectivity index (χ0) is 14.7. The van der Waals surface area contributed by atoms with E-state index in [1.165, 1.54) is 4.90 Å². The van der Waals surface area contributed by atoms with Crippen LogP contribution in [0.2, 0.25) is 0 Å². The van der Waals surface area contributed by atoms with Crippen LogP contribution in [0.25, 0.3) is 0 Å². The van der Waals surface area contributed by atoms with Gasteiger partial charge in [-0.3, -0.25) is 4.79 Å². The van der Waals surface area contributed by atoms with Gasteiger partial charge in [0.25, 0.3) is 0 Å². The molecular weight excluding hydrogens is 265 g/mol. The van der Waals surface area contributed by atoms with Crippen LogP contribution in [0.15, 0.2) is 0 Å². The first-order valence-electron chi connectivity index (χ1n) is 5.97. The Morgan fingerprint density at radius 3 is 2.26 bits per heavy atom. The van der Waals surface area contributed by atoms with Crippen molar-refractivity contribution in [3.05, 3.63) is 0 Å². The van der Waals surface area contributed by atoms with Crippen LogP contribution in [0.1, 0.15) is 26.2 Å². The maximum Gasteiger partial charge on any atom is 0.390 e. The van der Waals surface area contributed by atoms with Crippen molar-refractivity contribution >= 4 is 12.0 Å². The first-order valence-corrected chi connectivity index (χ1v) is 5.97. The van der Waals surface area contributed by atoms with Crippen molar-refractivity contribution < 1.29 is 27.9 Å². The molecule has 0 spiro atoms. The Bertz CT molecular complexity index is 350. The molecule has 1 rings (SSSR count). The second-order valence-corrected chi connectivity index (χ2v) is 4.95. The summed E-state index contributed by atoms with van der Waals surface area (Å²) in [5, 5.41) is 11.2. The van der Waals surface area contributed by atoms with Crippen LogP contribution in [-0.2, 0) is 4.79 Å². The fraction of sp³-hybridized carbons (Fsp3) is 0.818. The molecule has 0 aromatic heterocycles. The van der Waals surface area contributed by atoms with E-state index in [1.54, 1.807) is 6.92 Å². The van der Waals surface area contributed by atoms with Crippen molar-refractivity contribution in [2.24, 2.45) is 5.41 Å². The monoisotopic (exact) mass is 282 g/mol. The van der Waals surface area contributed by atoms with Gasteiger partial charge in [-0.15, -0.1) is 0 Å². The number of carboxylic acid groups (broad SMARTS) is 1. The molecule has 0 aliphatic carbocycles. The molecule has 110 valence electrons. The van der Waals surface area contributed by atoms with Crippen LogP contribution in [0.4, 0.5) is 18.0 Å². The van der Waals surface area contributed by atoms with E-state index in [0.717, 1.165) is 0 Å². The van der Waals surface area contributed by atoms with Gasteiger partial charge in [-0.05, 0) is 19.8 Å². The number of urea groups is 1. The molecule has 5 nitrogen and oxygen atoms in total. The second-order valence-electron chi connectivity index (χ2n) is 4.95. The number of aliphatic carboxylic acids is 1. The van der Waals surface area contributed by atoms with Gasteiger partial charge in [-0.1, -0.05) is 0 Å². The highest BCUT2D eigenvalue weighted by Crippen LogP contribution is 2.30. The molecule has 2 amide bonds. The average Bonchev–Trinajstić information content (AvgIpc) is 2.27. The predicted octanol–water partition coefficient (Wildman–Crippen LogP) is 1.84. The minimum atomic E-state index is -4.29. The van der Waals surface area contributed by atoms with E-state index in [0.29, 0.717) is 12.8 Å². The lowest BCUT2D eigenvalue weighted by Crippen LogP contribution is -2.49. The summed E-state index contributed by atoms with van der Waals surface area (Å²) in [7, 11) is 0. The molecule has 0 bridgehead atoms. The third-order valence-electron chi connectivity index (χ3n) is 3.36. The highest BCUT2D eigenvalue weighted by Gasteiger charge is 2.38. The molecule has 0 unspecified atom stereocenters. The van der Waals surface area contributed by atoms with Crippen LogP contribution in [0, 0.1) is 5.41 Å². The van der Waals surface area contributed by atoms with Gasteiger partial charge in [0.15, 0.2) is 0 Å². The third kappa shape index (κ3) is 4.60. The molecule has 8 heteroatoms. The Morgan fingerprint density at radius 2 is 1.84 bits per heavy atom. The maximum atomic E-state index is 11.9. The Hall–Kier alpha value is -1.47. The number of likely N-dealkylation sites (tertiary alicyclic amines) is 1. The molecule has 0 saturated carbocycles. The molecule has 1 fully saturated rings. The molecule has 19 heavy (non-hydrogen) atoms. The number of carboxylic acids is 1. The Morgan fingerprint density at radius 1 is 1.32 bits per heavy atom. The van der Waals surface area contributed by atoms with Gasteiger partial charge in [0, 0.05) is 19.6 Å². The average molecular weight is 282 g/mol. The summed E-state index contributed by atoms with van der Waals surface area (Å²) in [5.41, 5.74) is -0.858. The van der Waals surface area contributed by atoms with Gasteiger partial charge in [-0.25, -0.2) is 4.79 Å². The molecule has 0 radical (unpaired) electrons. The zero-order valence-corrected chi connectivity index (χ0v) is 10.6. The van der Waals surface area contributed by atoms with Crippen molar-refractivity contribution in [2.75, 3.05) is 19.6 Å². The van der Waals surface area contributed by atoms with E-state index in [-0.39, 0.29) is 13.1 Å². The van der Waals surface area contributed by atoms with Gasteiger partial charge in [0.2, 0.25) is 0 Å². The van der Waals surface area contributed by atoms with E-state index >= 15 is 0 Å². The smallest absolute Gasteiger partial charge is 0.390 e. The van der Waals surface area contributed by atoms with Crippen molar-refractivity contribution in [1.82, 2.24) is 10.2 Å². The van der Waals surface area contributed by atoms with E-state index in [4.69, 9.17) is 5.11 Å². The molecule has 1 heterocycles. The predicted molar refractivity (Wildman–Crippen MR) is 60.6 cm³/mol. The minimum Gasteiger partial charge on any atom is -0.481 e. The number of rotatable bonds is 3. The Kier molecular flexibility index (Phi) is 4.65. The van der Waals surface area contributed by atoms with Crippen LogP contribution < -0.4 is 5.32 Å². The lowest BCUT2D eigenvalue weighted by Gasteiger charge is -2.36. The van der Waals surface area contributed by atoms with Crippen molar-refractivity contribution in [3.63, 3.8) is 0 Å². The molecule has 1 aliphatic rings. The molecule has 0 atom stereocenters. The number of amides is 2. The molecule has 0 aromatic carbocycles. The third-order valence-corrected chi connectivity index (χ3v) is 3.36. The van der Waals surface area contributed by atoms with E-state index in [9.17, 15) is 22.8 Å². The van der Waals surface area contributed by atoms with Gasteiger partial charge in [0.05, 0.1) is 11.8 Å². The molecule has 1 aliphatic heterocycles. The number of hydrogen-bond donors (Lipinski definition) is 2. The number of carbonyl (C=O) groups excluding carboxylic acids is 1. The summed E-state index contributed by atoms with van der Waals surface area (Å²) >= 11 is 0. The highest BCUT2D eigenvalue weighted by molar-refractivity contribution is 5.76. The molecule has 0 aromatic rings. The van der Waals surface area contributed by atoms with Crippen molar-refractivity contribution in [2.45, 2.75) is 32.4 Å². The van der Waals surface area contributed by atoms with Crippen molar-refractivity contribution in [3.8, 4) is 0 Å². The number of nitrogens with zero attached hydrogens (tertiary/aromatic N) is 1. The number of alkyl halides is 3. The maximum absolute atomic E-state index is 11.9. The largest absolute Gasteiger partial charge is 0.481 e. The summed E-state index contributed by atoms with van der Waals surface area (Å²) < 4.78 is 35.7. The second kappa shape index (κ2) is 5.66. The normalized spacial score (nSPS) is 19.1. The molecule has 2 N–H and O–H groups in total. The van der Waals surface area contributed by atoms with Crippen molar-refractivity contribution in [1.29, 1.82) is 0 Å². The quantitative estimate of drug-likeness (QED) is 0.829. The van der Waals surface area contributed by atoms with Crippen LogP contribution >= 0.6 is 0 Å². The molecular formula is C11H17F3N2O3. The number of carbonyl (C=O) groups is 2.